The van der Waals surface area contributed by atoms with E-state index in [0.717, 1.165) is 45.9 Å². The molecule has 1 N–H and O–H groups in total. The summed E-state index contributed by atoms with van der Waals surface area (Å²) in [6.07, 6.45) is 39.4. The van der Waals surface area contributed by atoms with Crippen molar-refractivity contribution in [3.8, 4) is 0 Å². The minimum atomic E-state index is 0.402. The van der Waals surface area contributed by atoms with Crippen molar-refractivity contribution < 1.29 is 17.8 Å². The van der Waals surface area contributed by atoms with Crippen LogP contribution in [0.1, 0.15) is 326 Å². The summed E-state index contributed by atoms with van der Waals surface area (Å²) in [5, 5.41) is 44.9. The Kier molecular flexibility index (Phi) is 50.5. The molecule has 13 heterocycles. The van der Waals surface area contributed by atoms with Gasteiger partial charge in [0.1, 0.15) is 56.2 Å². The molecule has 0 radical (unpaired) electrons. The Morgan fingerprint density at radius 1 is 0.414 bits per heavy atom. The first kappa shape index (κ1) is 98.1. The molecule has 606 valence electrons. The van der Waals surface area contributed by atoms with Gasteiger partial charge in [0.25, 0.3) is 0 Å². The van der Waals surface area contributed by atoms with Gasteiger partial charge in [-0.25, -0.2) is 29.9 Å². The summed E-state index contributed by atoms with van der Waals surface area (Å²) in [7, 11) is 3.90. The van der Waals surface area contributed by atoms with Gasteiger partial charge in [-0.2, -0.15) is 40.8 Å². The first-order valence-corrected chi connectivity index (χ1v) is 37.9. The standard InChI is InChI=1S/C7H10N2.2C7H12N2.3C7H10N2.C7H11NO.C6H10N2.3C6H9NO.2C5H9N3/c1-6(2)7-3-8-5-9-4-7;1-6(2)7-4-5-9(3)8-7;1-6(2)7-4-5-8-9(7)3;1-6(2)7-5-8-3-4-9-7;1-6(2)7-3-4-8-9-5-7;1-6(2)7-4-3-5-8-9-7;1-5(2)7-8-6(3)4-9-7;1-5(2)6-3-4-7-8-6;1-5(2)6-3-7-4-8-6;1-5(2)6-3-7-8-4-6;1-5(2)6-7-3-4-8-6;1-5(2)8-3-6-7-4-8;1-5(2)8-4-6-3-7-8/h3-6H,1-2H3;2*4-6H,1-3H3;3*3-6H,1-2H3;4-5H,1-3H3;3-5H,1-2H3,(H,7,8);5*3-5H,1-2H3. The van der Waals surface area contributed by atoms with Crippen LogP contribution in [0.3, 0.4) is 0 Å². The average molecular weight is 1530 g/mol. The molecule has 0 bridgehead atoms. The molecule has 0 unspecified atom stereocenters. The molecule has 0 aliphatic carbocycles. The zero-order chi connectivity index (χ0) is 83.2. The number of hydrogen-bond donors (Lipinski definition) is 1. The van der Waals surface area contributed by atoms with E-state index in [1.54, 1.807) is 117 Å². The fraction of sp³-hybridized carbons (Fsp3) is 0.506. The number of aromatic amines is 1. The minimum Gasteiger partial charge on any atom is -0.449 e. The first-order valence-electron chi connectivity index (χ1n) is 37.9. The molecule has 28 heteroatoms. The number of H-pyrrole nitrogens is 1. The van der Waals surface area contributed by atoms with Crippen molar-refractivity contribution in [2.75, 3.05) is 0 Å². The van der Waals surface area contributed by atoms with Crippen molar-refractivity contribution in [3.05, 3.63) is 248 Å². The van der Waals surface area contributed by atoms with E-state index in [0.29, 0.717) is 77.2 Å². The Bertz CT molecular complexity index is 3580. The van der Waals surface area contributed by atoms with Crippen molar-refractivity contribution in [1.82, 2.24) is 120 Å². The Balaban J connectivity index is 0.000000601. The topological polar surface area (TPSA) is 333 Å². The maximum Gasteiger partial charge on any atom is 0.196 e. The predicted octanol–water partition coefficient (Wildman–Crippen LogP) is 20.2. The largest absolute Gasteiger partial charge is 0.449 e. The Labute approximate surface area is 660 Å². The lowest BCUT2D eigenvalue weighted by Crippen LogP contribution is -1.99. The molecule has 28 nitrogen and oxygen atoms in total. The monoisotopic (exact) mass is 1530 g/mol. The molecule has 13 aromatic heterocycles. The zero-order valence-corrected chi connectivity index (χ0v) is 71.7. The van der Waals surface area contributed by atoms with E-state index in [9.17, 15) is 0 Å². The summed E-state index contributed by atoms with van der Waals surface area (Å²) in [4.78, 5) is 31.5. The summed E-state index contributed by atoms with van der Waals surface area (Å²) in [5.74, 6) is 8.13. The molecule has 0 saturated heterocycles. The van der Waals surface area contributed by atoms with Crippen LogP contribution >= 0.6 is 0 Å². The number of nitrogens with one attached hydrogen (secondary N) is 1. The second kappa shape index (κ2) is 57.2. The third kappa shape index (κ3) is 45.6. The van der Waals surface area contributed by atoms with Gasteiger partial charge in [-0.3, -0.25) is 29.1 Å². The van der Waals surface area contributed by atoms with Crippen LogP contribution in [0.2, 0.25) is 0 Å². The Morgan fingerprint density at radius 3 is 1.34 bits per heavy atom. The fourth-order valence-electron chi connectivity index (χ4n) is 7.89. The summed E-state index contributed by atoms with van der Waals surface area (Å²) in [6, 6.07) is 12.9. The lowest BCUT2D eigenvalue weighted by molar-refractivity contribution is 0.418. The van der Waals surface area contributed by atoms with E-state index >= 15 is 0 Å². The van der Waals surface area contributed by atoms with E-state index in [4.69, 9.17) is 13.3 Å². The highest BCUT2D eigenvalue weighted by atomic mass is 16.5. The number of oxazole rings is 3. The summed E-state index contributed by atoms with van der Waals surface area (Å²) < 4.78 is 27.2. The van der Waals surface area contributed by atoms with Gasteiger partial charge >= 0.3 is 0 Å². The highest BCUT2D eigenvalue weighted by molar-refractivity contribution is 5.11. The number of rotatable bonds is 13. The number of aryl methyl sites for hydroxylation is 3. The highest BCUT2D eigenvalue weighted by Gasteiger charge is 2.07. The minimum absolute atomic E-state index is 0.402. The van der Waals surface area contributed by atoms with E-state index in [1.165, 1.54) is 28.9 Å². The zero-order valence-electron chi connectivity index (χ0n) is 71.7. The Hall–Kier alpha value is -10.9. The molecule has 0 spiro atoms. The lowest BCUT2D eigenvalue weighted by Gasteiger charge is -2.02. The number of hydrogen-bond acceptors (Lipinski definition) is 23. The van der Waals surface area contributed by atoms with Gasteiger partial charge in [0.05, 0.1) is 47.6 Å². The summed E-state index contributed by atoms with van der Waals surface area (Å²) in [6.45, 7) is 56.6. The number of aromatic nitrogens is 24. The normalized spacial score (nSPS) is 10.4. The van der Waals surface area contributed by atoms with Gasteiger partial charge in [0.2, 0.25) is 0 Å². The van der Waals surface area contributed by atoms with Crippen molar-refractivity contribution in [3.63, 3.8) is 0 Å². The van der Waals surface area contributed by atoms with Gasteiger partial charge in [0.15, 0.2) is 18.2 Å². The SMILES string of the molecule is CC(C)c1cccnn1.CC(C)c1ccn(C)n1.CC(C)c1ccn[nH]1.CC(C)c1ccnn1C.CC(C)c1ccnnc1.CC(C)c1cnccn1.CC(C)c1cncnc1.CC(C)c1cnco1.CC(C)c1cnoc1.CC(C)c1ncco1.CC(C)n1cncn1.CC(C)n1cnnc1.Cc1coc(C(C)C)n1. The second-order valence-electron chi connectivity index (χ2n) is 29.2. The molecule has 13 rings (SSSR count). The van der Waals surface area contributed by atoms with Gasteiger partial charge in [0, 0.05) is 123 Å². The predicted molar refractivity (Wildman–Crippen MR) is 440 cm³/mol. The van der Waals surface area contributed by atoms with E-state index in [-0.39, 0.29) is 0 Å². The quantitative estimate of drug-likeness (QED) is 0.112. The van der Waals surface area contributed by atoms with Crippen LogP contribution in [0.25, 0.3) is 0 Å². The summed E-state index contributed by atoms with van der Waals surface area (Å²) >= 11 is 0. The second-order valence-corrected chi connectivity index (χ2v) is 29.2. The molecule has 0 aromatic carbocycles. The maximum atomic E-state index is 5.11. The van der Waals surface area contributed by atoms with Gasteiger partial charge in [-0.15, -0.1) is 10.2 Å². The van der Waals surface area contributed by atoms with Crippen LogP contribution in [0.5, 0.6) is 0 Å². The maximum absolute atomic E-state index is 5.11. The van der Waals surface area contributed by atoms with E-state index < -0.39 is 0 Å². The molecule has 0 amide bonds. The average Bonchev–Trinajstić information content (AvgIpc) is 1.81. The van der Waals surface area contributed by atoms with Crippen LogP contribution in [0.4, 0.5) is 0 Å². The van der Waals surface area contributed by atoms with E-state index in [2.05, 4.69) is 272 Å². The van der Waals surface area contributed by atoms with Crippen LogP contribution < -0.4 is 0 Å². The third-order valence-corrected chi connectivity index (χ3v) is 15.0. The van der Waals surface area contributed by atoms with Crippen molar-refractivity contribution in [1.29, 1.82) is 0 Å². The first-order chi connectivity index (χ1) is 52.7. The molecular weight excluding hydrogens is 1400 g/mol. The Morgan fingerprint density at radius 2 is 1.07 bits per heavy atom. The molecule has 111 heavy (non-hydrogen) atoms. The van der Waals surface area contributed by atoms with Gasteiger partial charge < -0.3 is 22.3 Å². The van der Waals surface area contributed by atoms with Crippen LogP contribution in [-0.2, 0) is 14.1 Å². The third-order valence-electron chi connectivity index (χ3n) is 15.0. The lowest BCUT2D eigenvalue weighted by atomic mass is 10.1. The number of nitrogens with zero attached hydrogens (tertiary/aromatic N) is 23. The molecule has 0 fully saturated rings. The fourth-order valence-corrected chi connectivity index (χ4v) is 7.89. The van der Waals surface area contributed by atoms with Crippen LogP contribution in [0.15, 0.2) is 198 Å². The molecule has 0 aliphatic heterocycles. The molecule has 0 aliphatic rings. The highest BCUT2D eigenvalue weighted by Crippen LogP contribution is 2.17. The summed E-state index contributed by atoms with van der Waals surface area (Å²) in [5.41, 5.74) is 10.3. The van der Waals surface area contributed by atoms with Crippen molar-refractivity contribution in [2.24, 2.45) is 14.1 Å². The molecular formula is C83H130N24O4. The molecule has 0 saturated carbocycles. The van der Waals surface area contributed by atoms with Gasteiger partial charge in [-0.1, -0.05) is 157 Å². The van der Waals surface area contributed by atoms with Crippen LogP contribution in [0, 0.1) is 6.92 Å². The van der Waals surface area contributed by atoms with Crippen molar-refractivity contribution >= 4 is 0 Å². The molecule has 13 aromatic rings. The van der Waals surface area contributed by atoms with Gasteiger partial charge in [-0.05, 0) is 129 Å². The van der Waals surface area contributed by atoms with Crippen molar-refractivity contribution in [2.45, 2.75) is 264 Å². The van der Waals surface area contributed by atoms with E-state index in [1.807, 2.05) is 110 Å². The molecule has 0 atom stereocenters. The van der Waals surface area contributed by atoms with Crippen LogP contribution in [-0.4, -0.2) is 120 Å². The smallest absolute Gasteiger partial charge is 0.196 e.